The maximum Gasteiger partial charge on any atom is 0.296 e. The van der Waals surface area contributed by atoms with Gasteiger partial charge in [0.2, 0.25) is 0 Å². The SMILES string of the molecule is CCCOCC(CCCOS(=O)(=O)c1ccc(C)cc1)OCc1ccccc1. The lowest BCUT2D eigenvalue weighted by Gasteiger charge is -2.18. The van der Waals surface area contributed by atoms with Crippen LogP contribution >= 0.6 is 0 Å². The Morgan fingerprint density at radius 1 is 0.964 bits per heavy atom. The summed E-state index contributed by atoms with van der Waals surface area (Å²) in [5.41, 5.74) is 2.10. The van der Waals surface area contributed by atoms with Gasteiger partial charge in [0.05, 0.1) is 30.8 Å². The molecule has 0 aliphatic carbocycles. The minimum atomic E-state index is -3.72. The van der Waals surface area contributed by atoms with Crippen LogP contribution in [0.3, 0.4) is 0 Å². The van der Waals surface area contributed by atoms with Crippen LogP contribution in [0.25, 0.3) is 0 Å². The summed E-state index contributed by atoms with van der Waals surface area (Å²) in [4.78, 5) is 0.182. The Hall–Kier alpha value is -1.73. The van der Waals surface area contributed by atoms with E-state index in [0.717, 1.165) is 17.5 Å². The van der Waals surface area contributed by atoms with Crippen LogP contribution in [0.4, 0.5) is 0 Å². The predicted octanol–water partition coefficient (Wildman–Crippen LogP) is 4.49. The first-order valence-electron chi connectivity index (χ1n) is 9.70. The smallest absolute Gasteiger partial charge is 0.296 e. The molecule has 1 atom stereocenters. The summed E-state index contributed by atoms with van der Waals surface area (Å²) < 4.78 is 41.2. The normalized spacial score (nSPS) is 12.8. The molecule has 0 saturated heterocycles. The van der Waals surface area contributed by atoms with E-state index in [2.05, 4.69) is 6.92 Å². The quantitative estimate of drug-likeness (QED) is 0.362. The van der Waals surface area contributed by atoms with E-state index in [1.165, 1.54) is 0 Å². The summed E-state index contributed by atoms with van der Waals surface area (Å²) in [5.74, 6) is 0. The predicted molar refractivity (Wildman–Crippen MR) is 110 cm³/mol. The molecule has 0 radical (unpaired) electrons. The maximum absolute atomic E-state index is 12.2. The minimum Gasteiger partial charge on any atom is -0.379 e. The van der Waals surface area contributed by atoms with E-state index in [0.29, 0.717) is 32.7 Å². The Morgan fingerprint density at radius 3 is 2.36 bits per heavy atom. The Bertz CT molecular complexity index is 772. The number of aryl methyl sites for hydroxylation is 1. The summed E-state index contributed by atoms with van der Waals surface area (Å²) in [5, 5.41) is 0. The van der Waals surface area contributed by atoms with Crippen LogP contribution in [-0.4, -0.2) is 34.3 Å². The highest BCUT2D eigenvalue weighted by Crippen LogP contribution is 2.15. The van der Waals surface area contributed by atoms with Gasteiger partial charge in [-0.15, -0.1) is 0 Å². The lowest BCUT2D eigenvalue weighted by atomic mass is 10.2. The van der Waals surface area contributed by atoms with Crippen molar-refractivity contribution in [2.75, 3.05) is 19.8 Å². The van der Waals surface area contributed by atoms with Gasteiger partial charge in [-0.2, -0.15) is 8.42 Å². The van der Waals surface area contributed by atoms with E-state index in [4.69, 9.17) is 13.7 Å². The molecule has 0 fully saturated rings. The van der Waals surface area contributed by atoms with Crippen LogP contribution in [0.5, 0.6) is 0 Å². The molecule has 0 saturated carbocycles. The van der Waals surface area contributed by atoms with Crippen molar-refractivity contribution in [1.82, 2.24) is 0 Å². The first-order chi connectivity index (χ1) is 13.5. The number of rotatable bonds is 13. The van der Waals surface area contributed by atoms with E-state index in [1.807, 2.05) is 37.3 Å². The number of benzene rings is 2. The van der Waals surface area contributed by atoms with E-state index < -0.39 is 10.1 Å². The summed E-state index contributed by atoms with van der Waals surface area (Å²) >= 11 is 0. The van der Waals surface area contributed by atoms with Gasteiger partial charge in [-0.25, -0.2) is 0 Å². The van der Waals surface area contributed by atoms with E-state index in [1.54, 1.807) is 24.3 Å². The largest absolute Gasteiger partial charge is 0.379 e. The molecule has 5 nitrogen and oxygen atoms in total. The van der Waals surface area contributed by atoms with Crippen LogP contribution in [0.1, 0.15) is 37.3 Å². The van der Waals surface area contributed by atoms with Crippen molar-refractivity contribution in [3.8, 4) is 0 Å². The Balaban J connectivity index is 1.79. The van der Waals surface area contributed by atoms with Crippen LogP contribution in [-0.2, 0) is 30.4 Å². The molecule has 0 aliphatic rings. The number of hydrogen-bond donors (Lipinski definition) is 0. The summed E-state index contributed by atoms with van der Waals surface area (Å²) in [6.07, 6.45) is 2.08. The van der Waals surface area contributed by atoms with Crippen molar-refractivity contribution in [2.24, 2.45) is 0 Å². The average Bonchev–Trinajstić information content (AvgIpc) is 2.70. The van der Waals surface area contributed by atoms with E-state index in [-0.39, 0.29) is 17.6 Å². The van der Waals surface area contributed by atoms with Crippen molar-refractivity contribution >= 4 is 10.1 Å². The van der Waals surface area contributed by atoms with Gasteiger partial charge in [0, 0.05) is 6.61 Å². The van der Waals surface area contributed by atoms with Gasteiger partial charge in [-0.3, -0.25) is 4.18 Å². The highest BCUT2D eigenvalue weighted by molar-refractivity contribution is 7.86. The molecule has 0 heterocycles. The van der Waals surface area contributed by atoms with Gasteiger partial charge in [0.15, 0.2) is 0 Å². The highest BCUT2D eigenvalue weighted by Gasteiger charge is 2.16. The van der Waals surface area contributed by atoms with Crippen molar-refractivity contribution in [3.05, 3.63) is 65.7 Å². The second-order valence-electron chi connectivity index (χ2n) is 6.72. The van der Waals surface area contributed by atoms with Crippen molar-refractivity contribution in [3.63, 3.8) is 0 Å². The monoisotopic (exact) mass is 406 g/mol. The molecular formula is C22H30O5S. The van der Waals surface area contributed by atoms with Crippen molar-refractivity contribution < 1.29 is 22.1 Å². The molecule has 0 amide bonds. The molecule has 2 rings (SSSR count). The summed E-state index contributed by atoms with van der Waals surface area (Å²) in [7, 11) is -3.72. The van der Waals surface area contributed by atoms with Crippen LogP contribution in [0.15, 0.2) is 59.5 Å². The Labute approximate surface area is 168 Å². The summed E-state index contributed by atoms with van der Waals surface area (Å²) in [6, 6.07) is 16.6. The van der Waals surface area contributed by atoms with E-state index in [9.17, 15) is 8.42 Å². The van der Waals surface area contributed by atoms with Gasteiger partial charge in [-0.1, -0.05) is 55.0 Å². The fourth-order valence-electron chi connectivity index (χ4n) is 2.61. The first-order valence-corrected chi connectivity index (χ1v) is 11.1. The molecule has 0 aromatic heterocycles. The summed E-state index contributed by atoms with van der Waals surface area (Å²) in [6.45, 7) is 5.77. The fraction of sp³-hybridized carbons (Fsp3) is 0.455. The van der Waals surface area contributed by atoms with Gasteiger partial charge in [-0.05, 0) is 43.9 Å². The number of ether oxygens (including phenoxy) is 2. The van der Waals surface area contributed by atoms with Gasteiger partial charge >= 0.3 is 0 Å². The molecule has 0 N–H and O–H groups in total. The molecule has 0 aliphatic heterocycles. The first kappa shape index (κ1) is 22.6. The molecule has 0 bridgehead atoms. The van der Waals surface area contributed by atoms with Crippen molar-refractivity contribution in [2.45, 2.75) is 50.7 Å². The molecular weight excluding hydrogens is 376 g/mol. The third-order valence-corrected chi connectivity index (χ3v) is 5.53. The lowest BCUT2D eigenvalue weighted by Crippen LogP contribution is -2.21. The van der Waals surface area contributed by atoms with Crippen LogP contribution in [0, 0.1) is 6.92 Å². The third kappa shape index (κ3) is 8.10. The fourth-order valence-corrected chi connectivity index (χ4v) is 3.56. The lowest BCUT2D eigenvalue weighted by molar-refractivity contribution is -0.0304. The Morgan fingerprint density at radius 2 is 1.68 bits per heavy atom. The zero-order chi connectivity index (χ0) is 20.2. The molecule has 0 spiro atoms. The molecule has 6 heteroatoms. The Kier molecular flexibility index (Phi) is 9.64. The van der Waals surface area contributed by atoms with Gasteiger partial charge in [0.1, 0.15) is 0 Å². The van der Waals surface area contributed by atoms with Crippen molar-refractivity contribution in [1.29, 1.82) is 0 Å². The molecule has 154 valence electrons. The van der Waals surface area contributed by atoms with Crippen LogP contribution < -0.4 is 0 Å². The second-order valence-corrected chi connectivity index (χ2v) is 8.34. The minimum absolute atomic E-state index is 0.0996. The maximum atomic E-state index is 12.2. The molecule has 1 unspecified atom stereocenters. The second kappa shape index (κ2) is 12.0. The van der Waals surface area contributed by atoms with Gasteiger partial charge in [0.25, 0.3) is 10.1 Å². The standard InChI is InChI=1S/C22H30O5S/c1-3-15-25-18-21(26-17-20-8-5-4-6-9-20)10-7-16-27-28(23,24)22-13-11-19(2)12-14-22/h4-6,8-9,11-14,21H,3,7,10,15-18H2,1-2H3. The van der Waals surface area contributed by atoms with Crippen LogP contribution in [0.2, 0.25) is 0 Å². The third-order valence-electron chi connectivity index (χ3n) is 4.20. The molecule has 2 aromatic carbocycles. The van der Waals surface area contributed by atoms with Gasteiger partial charge < -0.3 is 9.47 Å². The zero-order valence-corrected chi connectivity index (χ0v) is 17.5. The molecule has 28 heavy (non-hydrogen) atoms. The zero-order valence-electron chi connectivity index (χ0n) is 16.7. The topological polar surface area (TPSA) is 61.8 Å². The molecule has 2 aromatic rings. The van der Waals surface area contributed by atoms with E-state index >= 15 is 0 Å². The highest BCUT2D eigenvalue weighted by atomic mass is 32.2. The average molecular weight is 407 g/mol. The number of hydrogen-bond acceptors (Lipinski definition) is 5.